The third kappa shape index (κ3) is 6.16. The predicted molar refractivity (Wildman–Crippen MR) is 117 cm³/mol. The van der Waals surface area contributed by atoms with E-state index in [2.05, 4.69) is 5.32 Å². The Morgan fingerprint density at radius 2 is 1.58 bits per heavy atom. The van der Waals surface area contributed by atoms with Crippen LogP contribution in [0, 0.1) is 0 Å². The second-order valence-electron chi connectivity index (χ2n) is 6.25. The Kier molecular flexibility index (Phi) is 7.78. The highest BCUT2D eigenvalue weighted by atomic mass is 32.1. The van der Waals surface area contributed by atoms with Crippen LogP contribution in [0.1, 0.15) is 17.3 Å². The fraction of sp³-hybridized carbons (Fsp3) is 0.174. The molecule has 0 radical (unpaired) electrons. The number of anilines is 1. The molecular weight excluding hydrogens is 418 g/mol. The Morgan fingerprint density at radius 3 is 2.26 bits per heavy atom. The summed E-state index contributed by atoms with van der Waals surface area (Å²) in [5, 5.41) is 4.74. The maximum atomic E-state index is 12.5. The van der Waals surface area contributed by atoms with E-state index >= 15 is 0 Å². The summed E-state index contributed by atoms with van der Waals surface area (Å²) in [6.07, 6.45) is 0. The zero-order valence-corrected chi connectivity index (χ0v) is 17.6. The SMILES string of the molecule is CCOC(=O)c1c(-c2ccccc2)csc1NC(=O)COC(=O)COc1ccccc1. The van der Waals surface area contributed by atoms with Crippen molar-refractivity contribution >= 4 is 34.2 Å². The van der Waals surface area contributed by atoms with E-state index in [9.17, 15) is 14.4 Å². The van der Waals surface area contributed by atoms with Crippen LogP contribution in [-0.2, 0) is 19.1 Å². The molecule has 0 saturated heterocycles. The Morgan fingerprint density at radius 1 is 0.903 bits per heavy atom. The van der Waals surface area contributed by atoms with Crippen LogP contribution in [0.25, 0.3) is 11.1 Å². The van der Waals surface area contributed by atoms with Gasteiger partial charge in [-0.25, -0.2) is 9.59 Å². The van der Waals surface area contributed by atoms with Crippen molar-refractivity contribution in [2.45, 2.75) is 6.92 Å². The van der Waals surface area contributed by atoms with Gasteiger partial charge in [-0.3, -0.25) is 4.79 Å². The molecule has 31 heavy (non-hydrogen) atoms. The van der Waals surface area contributed by atoms with Crippen molar-refractivity contribution in [3.63, 3.8) is 0 Å². The monoisotopic (exact) mass is 439 g/mol. The van der Waals surface area contributed by atoms with Crippen LogP contribution in [-0.4, -0.2) is 37.7 Å². The van der Waals surface area contributed by atoms with E-state index in [1.54, 1.807) is 36.6 Å². The number of nitrogens with one attached hydrogen (secondary N) is 1. The number of para-hydroxylation sites is 1. The van der Waals surface area contributed by atoms with Gasteiger partial charge in [-0.2, -0.15) is 0 Å². The number of hydrogen-bond donors (Lipinski definition) is 1. The van der Waals surface area contributed by atoms with Gasteiger partial charge in [0.25, 0.3) is 5.91 Å². The molecule has 3 rings (SSSR count). The first kappa shape index (κ1) is 22.0. The molecule has 3 aromatic rings. The van der Waals surface area contributed by atoms with Crippen molar-refractivity contribution < 1.29 is 28.6 Å². The highest BCUT2D eigenvalue weighted by molar-refractivity contribution is 7.15. The normalized spacial score (nSPS) is 10.2. The molecule has 8 heteroatoms. The molecule has 0 spiro atoms. The summed E-state index contributed by atoms with van der Waals surface area (Å²) in [5.74, 6) is -1.26. The molecule has 0 aliphatic heterocycles. The lowest BCUT2D eigenvalue weighted by Gasteiger charge is -2.09. The van der Waals surface area contributed by atoms with E-state index in [-0.39, 0.29) is 18.8 Å². The topological polar surface area (TPSA) is 90.9 Å². The fourth-order valence-electron chi connectivity index (χ4n) is 2.70. The van der Waals surface area contributed by atoms with Gasteiger partial charge in [-0.05, 0) is 24.6 Å². The fourth-order valence-corrected chi connectivity index (χ4v) is 3.67. The van der Waals surface area contributed by atoms with Crippen molar-refractivity contribution in [1.29, 1.82) is 0 Å². The first-order valence-corrected chi connectivity index (χ1v) is 10.4. The van der Waals surface area contributed by atoms with Crippen LogP contribution < -0.4 is 10.1 Å². The molecule has 0 bridgehead atoms. The molecule has 0 atom stereocenters. The Hall–Kier alpha value is -3.65. The van der Waals surface area contributed by atoms with Crippen LogP contribution >= 0.6 is 11.3 Å². The summed E-state index contributed by atoms with van der Waals surface area (Å²) >= 11 is 1.20. The first-order chi connectivity index (χ1) is 15.1. The smallest absolute Gasteiger partial charge is 0.344 e. The maximum Gasteiger partial charge on any atom is 0.344 e. The molecule has 0 saturated carbocycles. The average molecular weight is 439 g/mol. The third-order valence-corrected chi connectivity index (χ3v) is 4.97. The van der Waals surface area contributed by atoms with E-state index < -0.39 is 24.5 Å². The van der Waals surface area contributed by atoms with Gasteiger partial charge in [0.2, 0.25) is 0 Å². The number of benzene rings is 2. The van der Waals surface area contributed by atoms with Crippen molar-refractivity contribution in [3.05, 3.63) is 71.6 Å². The van der Waals surface area contributed by atoms with E-state index in [0.29, 0.717) is 16.3 Å². The minimum absolute atomic E-state index is 0.204. The third-order valence-electron chi connectivity index (χ3n) is 4.07. The van der Waals surface area contributed by atoms with Crippen LogP contribution in [0.4, 0.5) is 5.00 Å². The lowest BCUT2D eigenvalue weighted by atomic mass is 10.0. The second kappa shape index (κ2) is 10.9. The van der Waals surface area contributed by atoms with Gasteiger partial charge in [-0.15, -0.1) is 11.3 Å². The summed E-state index contributed by atoms with van der Waals surface area (Å²) in [4.78, 5) is 36.6. The van der Waals surface area contributed by atoms with Gasteiger partial charge in [-0.1, -0.05) is 48.5 Å². The number of carbonyl (C=O) groups is 3. The second-order valence-corrected chi connectivity index (χ2v) is 7.13. The zero-order valence-electron chi connectivity index (χ0n) is 16.8. The Bertz CT molecular complexity index is 1030. The van der Waals surface area contributed by atoms with E-state index in [0.717, 1.165) is 5.56 Å². The van der Waals surface area contributed by atoms with Crippen molar-refractivity contribution in [3.8, 4) is 16.9 Å². The summed E-state index contributed by atoms with van der Waals surface area (Å²) in [5.41, 5.74) is 1.75. The molecule has 160 valence electrons. The quantitative estimate of drug-likeness (QED) is 0.504. The van der Waals surface area contributed by atoms with Gasteiger partial charge in [0, 0.05) is 10.9 Å². The van der Waals surface area contributed by atoms with Crippen molar-refractivity contribution in [2.75, 3.05) is 25.1 Å². The number of ether oxygens (including phenoxy) is 3. The molecule has 7 nitrogen and oxygen atoms in total. The molecule has 1 amide bonds. The van der Waals surface area contributed by atoms with E-state index in [4.69, 9.17) is 14.2 Å². The molecule has 1 aromatic heterocycles. The number of esters is 2. The molecule has 0 aliphatic carbocycles. The summed E-state index contributed by atoms with van der Waals surface area (Å²) in [6, 6.07) is 18.1. The standard InChI is InChI=1S/C23H21NO6S/c1-2-28-23(27)21-18(16-9-5-3-6-10-16)15-31-22(21)24-19(25)13-30-20(26)14-29-17-11-7-4-8-12-17/h3-12,15H,2,13-14H2,1H3,(H,24,25). The summed E-state index contributed by atoms with van der Waals surface area (Å²) in [7, 11) is 0. The van der Waals surface area contributed by atoms with Gasteiger partial charge < -0.3 is 19.5 Å². The van der Waals surface area contributed by atoms with Crippen LogP contribution in [0.3, 0.4) is 0 Å². The molecule has 1 heterocycles. The van der Waals surface area contributed by atoms with Crippen molar-refractivity contribution in [2.24, 2.45) is 0 Å². The van der Waals surface area contributed by atoms with Crippen molar-refractivity contribution in [1.82, 2.24) is 0 Å². The molecule has 0 aliphatic rings. The predicted octanol–water partition coefficient (Wildman–Crippen LogP) is 4.15. The average Bonchev–Trinajstić information content (AvgIpc) is 3.21. The highest BCUT2D eigenvalue weighted by Crippen LogP contribution is 2.36. The molecule has 0 fully saturated rings. The molecule has 2 aromatic carbocycles. The van der Waals surface area contributed by atoms with E-state index in [1.165, 1.54) is 11.3 Å². The lowest BCUT2D eigenvalue weighted by Crippen LogP contribution is -2.24. The Labute approximate surface area is 183 Å². The maximum absolute atomic E-state index is 12.5. The number of rotatable bonds is 9. The summed E-state index contributed by atoms with van der Waals surface area (Å²) in [6.45, 7) is 1.09. The largest absolute Gasteiger partial charge is 0.482 e. The van der Waals surface area contributed by atoms with Crippen LogP contribution in [0.15, 0.2) is 66.0 Å². The van der Waals surface area contributed by atoms with Crippen LogP contribution in [0.2, 0.25) is 0 Å². The minimum Gasteiger partial charge on any atom is -0.482 e. The van der Waals surface area contributed by atoms with Gasteiger partial charge in [0.05, 0.1) is 6.61 Å². The molecular formula is C23H21NO6S. The zero-order chi connectivity index (χ0) is 22.1. The number of amides is 1. The van der Waals surface area contributed by atoms with Crippen LogP contribution in [0.5, 0.6) is 5.75 Å². The first-order valence-electron chi connectivity index (χ1n) is 9.55. The molecule has 0 unspecified atom stereocenters. The van der Waals surface area contributed by atoms with Gasteiger partial charge in [0.1, 0.15) is 16.3 Å². The molecule has 1 N–H and O–H groups in total. The summed E-state index contributed by atoms with van der Waals surface area (Å²) < 4.78 is 15.4. The number of thiophene rings is 1. The minimum atomic E-state index is -0.680. The lowest BCUT2D eigenvalue weighted by molar-refractivity contribution is -0.149. The number of hydrogen-bond acceptors (Lipinski definition) is 7. The van der Waals surface area contributed by atoms with Gasteiger partial charge in [0.15, 0.2) is 13.2 Å². The number of carbonyl (C=O) groups excluding carboxylic acids is 3. The van der Waals surface area contributed by atoms with Gasteiger partial charge >= 0.3 is 11.9 Å². The van der Waals surface area contributed by atoms with E-state index in [1.807, 2.05) is 36.4 Å². The Balaban J connectivity index is 1.62. The highest BCUT2D eigenvalue weighted by Gasteiger charge is 2.23.